The van der Waals surface area contributed by atoms with Crippen molar-refractivity contribution in [3.05, 3.63) is 48.0 Å². The Balaban J connectivity index is 2.18. The van der Waals surface area contributed by atoms with Crippen LogP contribution < -0.4 is 0 Å². The van der Waals surface area contributed by atoms with E-state index in [1.54, 1.807) is 6.08 Å². The average Bonchev–Trinajstić information content (AvgIpc) is 2.23. The molecule has 3 nitrogen and oxygen atoms in total. The van der Waals surface area contributed by atoms with Gasteiger partial charge in [0, 0.05) is 10.7 Å². The highest BCUT2D eigenvalue weighted by molar-refractivity contribution is 8.13. The van der Waals surface area contributed by atoms with Crippen LogP contribution in [0.15, 0.2) is 42.5 Å². The molecule has 16 heavy (non-hydrogen) atoms. The molecule has 0 radical (unpaired) electrons. The van der Waals surface area contributed by atoms with Crippen molar-refractivity contribution >= 4 is 19.7 Å². The van der Waals surface area contributed by atoms with Crippen molar-refractivity contribution in [2.24, 2.45) is 0 Å². The Bertz CT molecular complexity index is 426. The lowest BCUT2D eigenvalue weighted by molar-refractivity contribution is 0.148. The first kappa shape index (κ1) is 13.2. The summed E-state index contributed by atoms with van der Waals surface area (Å²) in [5, 5.41) is 0. The van der Waals surface area contributed by atoms with Crippen LogP contribution in [0.3, 0.4) is 0 Å². The Morgan fingerprint density at radius 2 is 1.88 bits per heavy atom. The van der Waals surface area contributed by atoms with Crippen molar-refractivity contribution in [2.75, 3.05) is 12.4 Å². The first-order valence-corrected chi connectivity index (χ1v) is 7.25. The van der Waals surface area contributed by atoms with E-state index in [9.17, 15) is 8.42 Å². The van der Waals surface area contributed by atoms with E-state index in [0.717, 1.165) is 5.56 Å². The summed E-state index contributed by atoms with van der Waals surface area (Å²) in [5.41, 5.74) is 1.08. The molecule has 0 unspecified atom stereocenters. The highest BCUT2D eigenvalue weighted by atomic mass is 35.7. The second-order valence-corrected chi connectivity index (χ2v) is 6.00. The Kier molecular flexibility index (Phi) is 5.52. The molecule has 1 aromatic carbocycles. The molecule has 0 bridgehead atoms. The maximum atomic E-state index is 10.6. The minimum Gasteiger partial charge on any atom is -0.373 e. The van der Waals surface area contributed by atoms with Crippen LogP contribution in [0.5, 0.6) is 0 Å². The van der Waals surface area contributed by atoms with Gasteiger partial charge in [-0.1, -0.05) is 42.5 Å². The van der Waals surface area contributed by atoms with Crippen LogP contribution in [0, 0.1) is 0 Å². The largest absolute Gasteiger partial charge is 0.373 e. The van der Waals surface area contributed by atoms with Crippen molar-refractivity contribution in [2.45, 2.75) is 6.61 Å². The average molecular weight is 261 g/mol. The molecule has 0 heterocycles. The Morgan fingerprint density at radius 1 is 1.19 bits per heavy atom. The number of hydrogen-bond acceptors (Lipinski definition) is 3. The highest BCUT2D eigenvalue weighted by Crippen LogP contribution is 2.00. The lowest BCUT2D eigenvalue weighted by Gasteiger charge is -2.00. The van der Waals surface area contributed by atoms with Gasteiger partial charge in [0.2, 0.25) is 9.05 Å². The van der Waals surface area contributed by atoms with Gasteiger partial charge in [-0.25, -0.2) is 8.42 Å². The van der Waals surface area contributed by atoms with E-state index in [2.05, 4.69) is 0 Å². The summed E-state index contributed by atoms with van der Waals surface area (Å²) in [4.78, 5) is 0. The predicted octanol–water partition coefficient (Wildman–Crippen LogP) is 2.33. The summed E-state index contributed by atoms with van der Waals surface area (Å²) in [6.07, 6.45) is 3.12. The summed E-state index contributed by atoms with van der Waals surface area (Å²) in [6, 6.07) is 9.75. The summed E-state index contributed by atoms with van der Waals surface area (Å²) < 4.78 is 26.4. The number of ether oxygens (including phenoxy) is 1. The van der Waals surface area contributed by atoms with Gasteiger partial charge in [-0.05, 0) is 5.56 Å². The Labute approximate surface area is 100 Å². The van der Waals surface area contributed by atoms with E-state index in [1.807, 2.05) is 30.3 Å². The fourth-order valence-corrected chi connectivity index (χ4v) is 1.65. The quantitative estimate of drug-likeness (QED) is 0.448. The molecular weight excluding hydrogens is 248 g/mol. The zero-order chi connectivity index (χ0) is 11.9. The fraction of sp³-hybridized carbons (Fsp3) is 0.273. The van der Waals surface area contributed by atoms with Crippen LogP contribution >= 0.6 is 10.7 Å². The van der Waals surface area contributed by atoms with Gasteiger partial charge in [0.1, 0.15) is 0 Å². The molecule has 0 fully saturated rings. The Hall–Kier alpha value is -0.840. The zero-order valence-corrected chi connectivity index (χ0v) is 10.2. The monoisotopic (exact) mass is 260 g/mol. The molecule has 0 N–H and O–H groups in total. The molecule has 0 aromatic heterocycles. The first-order chi connectivity index (χ1) is 7.58. The third kappa shape index (κ3) is 6.61. The first-order valence-electron chi connectivity index (χ1n) is 4.77. The Morgan fingerprint density at radius 3 is 2.50 bits per heavy atom. The normalized spacial score (nSPS) is 12.1. The number of hydrogen-bond donors (Lipinski definition) is 0. The number of rotatable bonds is 6. The smallest absolute Gasteiger partial charge is 0.236 e. The minimum atomic E-state index is -3.43. The molecule has 0 aliphatic heterocycles. The van der Waals surface area contributed by atoms with Gasteiger partial charge >= 0.3 is 0 Å². The molecule has 0 aliphatic rings. The van der Waals surface area contributed by atoms with Gasteiger partial charge < -0.3 is 4.74 Å². The van der Waals surface area contributed by atoms with Crippen LogP contribution in [-0.4, -0.2) is 20.8 Å². The van der Waals surface area contributed by atoms with E-state index in [-0.39, 0.29) is 5.75 Å². The van der Waals surface area contributed by atoms with Gasteiger partial charge in [-0.15, -0.1) is 0 Å². The topological polar surface area (TPSA) is 43.4 Å². The molecule has 88 valence electrons. The van der Waals surface area contributed by atoms with Gasteiger partial charge in [0.05, 0.1) is 19.0 Å². The standard InChI is InChI=1S/C11H13ClO3S/c12-16(13,14)9-5-4-8-15-10-11-6-2-1-3-7-11/h1-7H,8-10H2/b5-4+. The molecular formula is C11H13ClO3S. The lowest BCUT2D eigenvalue weighted by atomic mass is 10.2. The third-order valence-electron chi connectivity index (χ3n) is 1.79. The highest BCUT2D eigenvalue weighted by Gasteiger charge is 1.99. The number of benzene rings is 1. The molecule has 0 aliphatic carbocycles. The van der Waals surface area contributed by atoms with Crippen LogP contribution in [-0.2, 0) is 20.4 Å². The molecule has 5 heteroatoms. The van der Waals surface area contributed by atoms with Gasteiger partial charge in [-0.3, -0.25) is 0 Å². The van der Waals surface area contributed by atoms with Crippen molar-refractivity contribution in [1.29, 1.82) is 0 Å². The van der Waals surface area contributed by atoms with Gasteiger partial charge in [0.15, 0.2) is 0 Å². The second kappa shape index (κ2) is 6.68. The predicted molar refractivity (Wildman–Crippen MR) is 64.9 cm³/mol. The minimum absolute atomic E-state index is 0.163. The lowest BCUT2D eigenvalue weighted by Crippen LogP contribution is -1.95. The van der Waals surface area contributed by atoms with Crippen molar-refractivity contribution < 1.29 is 13.2 Å². The maximum Gasteiger partial charge on any atom is 0.236 e. The third-order valence-corrected chi connectivity index (χ3v) is 2.76. The van der Waals surface area contributed by atoms with Crippen LogP contribution in [0.4, 0.5) is 0 Å². The van der Waals surface area contributed by atoms with Crippen molar-refractivity contribution in [3.8, 4) is 0 Å². The molecule has 1 rings (SSSR count). The van der Waals surface area contributed by atoms with Crippen molar-refractivity contribution in [3.63, 3.8) is 0 Å². The summed E-state index contributed by atoms with van der Waals surface area (Å²) in [5.74, 6) is -0.163. The van der Waals surface area contributed by atoms with E-state index >= 15 is 0 Å². The maximum absolute atomic E-state index is 10.6. The van der Waals surface area contributed by atoms with E-state index < -0.39 is 9.05 Å². The van der Waals surface area contributed by atoms with Gasteiger partial charge in [-0.2, -0.15) is 0 Å². The summed E-state index contributed by atoms with van der Waals surface area (Å²) in [7, 11) is 1.59. The van der Waals surface area contributed by atoms with Crippen LogP contribution in [0.25, 0.3) is 0 Å². The molecule has 0 saturated heterocycles. The number of halogens is 1. The fourth-order valence-electron chi connectivity index (χ4n) is 1.07. The molecule has 1 aromatic rings. The van der Waals surface area contributed by atoms with Crippen LogP contribution in [0.2, 0.25) is 0 Å². The van der Waals surface area contributed by atoms with Crippen molar-refractivity contribution in [1.82, 2.24) is 0 Å². The molecule has 0 atom stereocenters. The molecule has 0 amide bonds. The SMILES string of the molecule is O=S(=O)(Cl)C/C=C/COCc1ccccc1. The van der Waals surface area contributed by atoms with Crippen LogP contribution in [0.1, 0.15) is 5.56 Å². The van der Waals surface area contributed by atoms with Gasteiger partial charge in [0.25, 0.3) is 0 Å². The second-order valence-electron chi connectivity index (χ2n) is 3.18. The zero-order valence-electron chi connectivity index (χ0n) is 8.67. The molecule has 0 saturated carbocycles. The summed E-state index contributed by atoms with van der Waals surface area (Å²) >= 11 is 0. The van der Waals surface area contributed by atoms with E-state index in [4.69, 9.17) is 15.4 Å². The van der Waals surface area contributed by atoms with E-state index in [0.29, 0.717) is 13.2 Å². The molecule has 0 spiro atoms. The summed E-state index contributed by atoms with van der Waals surface area (Å²) in [6.45, 7) is 0.889. The van der Waals surface area contributed by atoms with E-state index in [1.165, 1.54) is 6.08 Å².